The molecule has 1 aliphatic rings. The van der Waals surface area contributed by atoms with Crippen LogP contribution in [-0.4, -0.2) is 49.8 Å². The van der Waals surface area contributed by atoms with Gasteiger partial charge < -0.3 is 10.1 Å². The molecule has 0 aliphatic carbocycles. The second kappa shape index (κ2) is 6.54. The van der Waals surface area contributed by atoms with Crippen LogP contribution in [0.5, 0.6) is 0 Å². The Balaban J connectivity index is 2.20. The molecule has 118 valence electrons. The molecule has 2 heterocycles. The molecule has 1 aliphatic heterocycles. The molecule has 1 aromatic rings. The van der Waals surface area contributed by atoms with Crippen molar-refractivity contribution in [2.75, 3.05) is 13.2 Å². The van der Waals surface area contributed by atoms with E-state index < -0.39 is 16.0 Å². The van der Waals surface area contributed by atoms with E-state index in [1.54, 1.807) is 6.92 Å². The second-order valence-electron chi connectivity index (χ2n) is 4.95. The Morgan fingerprint density at radius 1 is 1.57 bits per heavy atom. The van der Waals surface area contributed by atoms with E-state index >= 15 is 0 Å². The van der Waals surface area contributed by atoms with Crippen LogP contribution in [0.4, 0.5) is 0 Å². The molecule has 1 fully saturated rings. The minimum Gasteiger partial charge on any atom is -0.462 e. The quantitative estimate of drug-likeness (QED) is 0.659. The van der Waals surface area contributed by atoms with Crippen LogP contribution in [0, 0.1) is 0 Å². The maximum Gasteiger partial charge on any atom is 0.342 e. The van der Waals surface area contributed by atoms with Gasteiger partial charge in [0.15, 0.2) is 5.03 Å². The van der Waals surface area contributed by atoms with Gasteiger partial charge in [0, 0.05) is 12.1 Å². The van der Waals surface area contributed by atoms with Crippen LogP contribution in [0.2, 0.25) is 0 Å². The van der Waals surface area contributed by atoms with Gasteiger partial charge >= 0.3 is 5.97 Å². The van der Waals surface area contributed by atoms with Crippen molar-refractivity contribution >= 4 is 16.0 Å². The summed E-state index contributed by atoms with van der Waals surface area (Å²) in [6.07, 6.45) is 2.80. The lowest BCUT2D eigenvalue weighted by atomic mass is 10.0. The molecule has 0 aromatic carbocycles. The molecule has 0 saturated carbocycles. The van der Waals surface area contributed by atoms with Crippen LogP contribution < -0.4 is 10.0 Å². The predicted molar refractivity (Wildman–Crippen MR) is 75.4 cm³/mol. The topological polar surface area (TPSA) is 113 Å². The summed E-state index contributed by atoms with van der Waals surface area (Å²) >= 11 is 0. The van der Waals surface area contributed by atoms with E-state index in [0.717, 1.165) is 25.6 Å². The van der Waals surface area contributed by atoms with Gasteiger partial charge in [-0.15, -0.1) is 0 Å². The summed E-state index contributed by atoms with van der Waals surface area (Å²) in [6, 6.07) is -0.190. The van der Waals surface area contributed by atoms with E-state index in [-0.39, 0.29) is 29.3 Å². The van der Waals surface area contributed by atoms with Crippen molar-refractivity contribution in [3.8, 4) is 0 Å². The molecule has 2 rings (SSSR count). The van der Waals surface area contributed by atoms with Gasteiger partial charge in [0.1, 0.15) is 5.56 Å². The third-order valence-electron chi connectivity index (χ3n) is 3.44. The zero-order valence-corrected chi connectivity index (χ0v) is 12.9. The van der Waals surface area contributed by atoms with Gasteiger partial charge in [0.05, 0.1) is 12.8 Å². The van der Waals surface area contributed by atoms with Gasteiger partial charge in [-0.1, -0.05) is 0 Å². The number of aromatic nitrogens is 2. The average molecular weight is 316 g/mol. The highest BCUT2D eigenvalue weighted by atomic mass is 32.2. The number of esters is 1. The third-order valence-corrected chi connectivity index (χ3v) is 4.90. The number of aromatic amines is 1. The van der Waals surface area contributed by atoms with Crippen molar-refractivity contribution in [3.63, 3.8) is 0 Å². The highest BCUT2D eigenvalue weighted by molar-refractivity contribution is 7.89. The molecular formula is C12H20N4O4S. The van der Waals surface area contributed by atoms with E-state index in [4.69, 9.17) is 4.74 Å². The lowest BCUT2D eigenvalue weighted by Gasteiger charge is -2.30. The number of sulfonamides is 1. The maximum absolute atomic E-state index is 12.4. The van der Waals surface area contributed by atoms with Crippen molar-refractivity contribution in [1.82, 2.24) is 20.2 Å². The highest BCUT2D eigenvalue weighted by Crippen LogP contribution is 2.16. The van der Waals surface area contributed by atoms with Gasteiger partial charge in [-0.25, -0.2) is 17.9 Å². The third kappa shape index (κ3) is 3.60. The molecule has 3 N–H and O–H groups in total. The first-order valence-corrected chi connectivity index (χ1v) is 8.40. The van der Waals surface area contributed by atoms with E-state index in [1.807, 2.05) is 6.92 Å². The molecule has 0 spiro atoms. The lowest BCUT2D eigenvalue weighted by Crippen LogP contribution is -2.52. The van der Waals surface area contributed by atoms with Gasteiger partial charge in [0.25, 0.3) is 10.0 Å². The Bertz CT molecular complexity index is 598. The zero-order valence-electron chi connectivity index (χ0n) is 12.0. The summed E-state index contributed by atoms with van der Waals surface area (Å²) in [4.78, 5) is 11.7. The van der Waals surface area contributed by atoms with Crippen LogP contribution in [0.1, 0.15) is 37.0 Å². The first kappa shape index (κ1) is 15.9. The Morgan fingerprint density at radius 3 is 3.00 bits per heavy atom. The van der Waals surface area contributed by atoms with Crippen molar-refractivity contribution in [2.24, 2.45) is 0 Å². The number of carbonyl (C=O) groups excluding carboxylic acids is 1. The van der Waals surface area contributed by atoms with Gasteiger partial charge in [-0.2, -0.15) is 5.10 Å². The van der Waals surface area contributed by atoms with E-state index in [0.29, 0.717) is 0 Å². The summed E-state index contributed by atoms with van der Waals surface area (Å²) in [5, 5.41) is 8.97. The molecule has 2 unspecified atom stereocenters. The monoisotopic (exact) mass is 316 g/mol. The fourth-order valence-electron chi connectivity index (χ4n) is 2.30. The number of rotatable bonds is 5. The smallest absolute Gasteiger partial charge is 0.342 e. The molecule has 21 heavy (non-hydrogen) atoms. The van der Waals surface area contributed by atoms with Crippen LogP contribution in [-0.2, 0) is 14.8 Å². The Labute approximate surface area is 123 Å². The molecule has 0 radical (unpaired) electrons. The van der Waals surface area contributed by atoms with Crippen molar-refractivity contribution < 1.29 is 17.9 Å². The Kier molecular flexibility index (Phi) is 4.96. The summed E-state index contributed by atoms with van der Waals surface area (Å²) in [7, 11) is -3.85. The molecule has 1 aromatic heterocycles. The number of hydrogen-bond donors (Lipinski definition) is 3. The van der Waals surface area contributed by atoms with E-state index in [2.05, 4.69) is 20.2 Å². The van der Waals surface area contributed by atoms with Crippen molar-refractivity contribution in [3.05, 3.63) is 11.8 Å². The van der Waals surface area contributed by atoms with Gasteiger partial charge in [-0.3, -0.25) is 5.10 Å². The number of ether oxygens (including phenoxy) is 1. The van der Waals surface area contributed by atoms with Crippen LogP contribution in [0.3, 0.4) is 0 Å². The van der Waals surface area contributed by atoms with Crippen LogP contribution >= 0.6 is 0 Å². The van der Waals surface area contributed by atoms with E-state index in [9.17, 15) is 13.2 Å². The van der Waals surface area contributed by atoms with Crippen LogP contribution in [0.25, 0.3) is 0 Å². The number of nitrogens with one attached hydrogen (secondary N) is 3. The highest BCUT2D eigenvalue weighted by Gasteiger charge is 2.31. The Morgan fingerprint density at radius 2 is 2.33 bits per heavy atom. The van der Waals surface area contributed by atoms with Crippen LogP contribution in [0.15, 0.2) is 11.2 Å². The normalized spacial score (nSPS) is 23.0. The largest absolute Gasteiger partial charge is 0.462 e. The minimum atomic E-state index is -3.85. The number of carbonyl (C=O) groups is 1. The first-order valence-electron chi connectivity index (χ1n) is 6.92. The average Bonchev–Trinajstić information content (AvgIpc) is 2.92. The molecular weight excluding hydrogens is 296 g/mol. The molecule has 8 nitrogen and oxygen atoms in total. The van der Waals surface area contributed by atoms with Crippen molar-refractivity contribution in [2.45, 2.75) is 43.8 Å². The summed E-state index contributed by atoms with van der Waals surface area (Å²) in [5.74, 6) is -0.707. The zero-order chi connectivity index (χ0) is 15.5. The number of nitrogens with zero attached hydrogens (tertiary/aromatic N) is 1. The van der Waals surface area contributed by atoms with Crippen molar-refractivity contribution in [1.29, 1.82) is 0 Å². The predicted octanol–water partition coefficient (Wildman–Crippen LogP) is 0.00520. The number of piperidine rings is 1. The summed E-state index contributed by atoms with van der Waals surface area (Å²) in [5.41, 5.74) is -0.0826. The van der Waals surface area contributed by atoms with E-state index in [1.165, 1.54) is 0 Å². The molecule has 0 bridgehead atoms. The standard InChI is InChI=1S/C12H20N4O4S/c1-3-20-12(17)9-7-14-15-11(9)21(18,19)16-10-5-4-6-13-8(10)2/h7-8,10,13,16H,3-6H2,1-2H3,(H,14,15). The molecule has 2 atom stereocenters. The molecule has 0 amide bonds. The Hall–Kier alpha value is -1.45. The number of hydrogen-bond acceptors (Lipinski definition) is 6. The maximum atomic E-state index is 12.4. The fraction of sp³-hybridized carbons (Fsp3) is 0.667. The first-order chi connectivity index (χ1) is 9.95. The SMILES string of the molecule is CCOC(=O)c1cn[nH]c1S(=O)(=O)NC1CCCNC1C. The summed E-state index contributed by atoms with van der Waals surface area (Å²) in [6.45, 7) is 4.61. The summed E-state index contributed by atoms with van der Waals surface area (Å²) < 4.78 is 32.3. The number of H-pyrrole nitrogens is 1. The van der Waals surface area contributed by atoms with Gasteiger partial charge in [0.2, 0.25) is 0 Å². The molecule has 9 heteroatoms. The molecule has 1 saturated heterocycles. The minimum absolute atomic E-state index is 0.0301. The second-order valence-corrected chi connectivity index (χ2v) is 6.60. The fourth-order valence-corrected chi connectivity index (χ4v) is 3.73. The lowest BCUT2D eigenvalue weighted by molar-refractivity contribution is 0.0522. The van der Waals surface area contributed by atoms with Gasteiger partial charge in [-0.05, 0) is 33.2 Å².